The van der Waals surface area contributed by atoms with Crippen LogP contribution in [0.1, 0.15) is 19.4 Å². The van der Waals surface area contributed by atoms with Crippen molar-refractivity contribution in [2.24, 2.45) is 0 Å². The molecule has 1 aliphatic rings. The number of nitrogens with zero attached hydrogens (tertiary/aromatic N) is 1. The standard InChI is InChI=1S/C18H19IN2O4S/c1-4-7-21-17(23)12(16(22)20-18(21)26)8-11-9-13(19)15(25-6-3)14(10-11)24-5-2/h4,8-10H,1,5-7H2,2-3H3,(H,20,22,26). The van der Waals surface area contributed by atoms with Gasteiger partial charge in [-0.05, 0) is 72.4 Å². The third kappa shape index (κ3) is 4.42. The Morgan fingerprint density at radius 1 is 1.27 bits per heavy atom. The molecular weight excluding hydrogens is 467 g/mol. The van der Waals surface area contributed by atoms with Crippen molar-refractivity contribution in [1.29, 1.82) is 0 Å². The predicted molar refractivity (Wildman–Crippen MR) is 112 cm³/mol. The third-order valence-corrected chi connectivity index (χ3v) is 4.55. The van der Waals surface area contributed by atoms with Crippen LogP contribution in [0.3, 0.4) is 0 Å². The summed E-state index contributed by atoms with van der Waals surface area (Å²) in [5.41, 5.74) is 0.661. The van der Waals surface area contributed by atoms with Gasteiger partial charge < -0.3 is 9.47 Å². The third-order valence-electron chi connectivity index (χ3n) is 3.43. The SMILES string of the molecule is C=CCN1C(=O)C(=Cc2cc(I)c(OCC)c(OCC)c2)C(=O)NC1=S. The van der Waals surface area contributed by atoms with Crippen LogP contribution in [0.2, 0.25) is 0 Å². The predicted octanol–water partition coefficient (Wildman–Crippen LogP) is 2.90. The minimum Gasteiger partial charge on any atom is -0.490 e. The minimum absolute atomic E-state index is 0.00265. The molecule has 0 unspecified atom stereocenters. The summed E-state index contributed by atoms with van der Waals surface area (Å²) < 4.78 is 12.1. The lowest BCUT2D eigenvalue weighted by molar-refractivity contribution is -0.128. The lowest BCUT2D eigenvalue weighted by Crippen LogP contribution is -2.53. The van der Waals surface area contributed by atoms with Crippen LogP contribution in [-0.2, 0) is 9.59 Å². The molecule has 0 bridgehead atoms. The molecule has 1 aromatic carbocycles. The summed E-state index contributed by atoms with van der Waals surface area (Å²) in [5, 5.41) is 2.60. The molecule has 0 spiro atoms. The van der Waals surface area contributed by atoms with Crippen LogP contribution in [0.25, 0.3) is 6.08 Å². The maximum Gasteiger partial charge on any atom is 0.265 e. The molecule has 2 rings (SSSR count). The Bertz CT molecular complexity index is 792. The molecule has 1 aliphatic heterocycles. The first kappa shape index (κ1) is 20.4. The molecule has 26 heavy (non-hydrogen) atoms. The molecule has 1 N–H and O–H groups in total. The van der Waals surface area contributed by atoms with E-state index < -0.39 is 11.8 Å². The van der Waals surface area contributed by atoms with Gasteiger partial charge in [0.15, 0.2) is 16.6 Å². The van der Waals surface area contributed by atoms with E-state index in [1.54, 1.807) is 12.1 Å². The normalized spacial score (nSPS) is 15.9. The van der Waals surface area contributed by atoms with Gasteiger partial charge in [0.05, 0.1) is 16.8 Å². The highest BCUT2D eigenvalue weighted by Gasteiger charge is 2.32. The molecule has 1 fully saturated rings. The Morgan fingerprint density at radius 3 is 2.58 bits per heavy atom. The second kappa shape index (κ2) is 9.13. The number of rotatable bonds is 7. The van der Waals surface area contributed by atoms with E-state index in [2.05, 4.69) is 34.5 Å². The number of thiocarbonyl (C=S) groups is 1. The van der Waals surface area contributed by atoms with Crippen molar-refractivity contribution in [2.45, 2.75) is 13.8 Å². The van der Waals surface area contributed by atoms with E-state index in [0.717, 1.165) is 3.57 Å². The summed E-state index contributed by atoms with van der Waals surface area (Å²) >= 11 is 7.18. The molecule has 0 aromatic heterocycles. The number of carbonyl (C=O) groups excluding carboxylic acids is 2. The van der Waals surface area contributed by atoms with Crippen LogP contribution in [0.15, 0.2) is 30.4 Å². The maximum atomic E-state index is 12.6. The number of ether oxygens (including phenoxy) is 2. The van der Waals surface area contributed by atoms with Gasteiger partial charge in [0.1, 0.15) is 5.57 Å². The Hall–Kier alpha value is -1.94. The van der Waals surface area contributed by atoms with E-state index in [1.807, 2.05) is 19.9 Å². The largest absolute Gasteiger partial charge is 0.490 e. The number of carbonyl (C=O) groups is 2. The van der Waals surface area contributed by atoms with Gasteiger partial charge >= 0.3 is 0 Å². The summed E-state index contributed by atoms with van der Waals surface area (Å²) in [4.78, 5) is 26.1. The molecule has 0 radical (unpaired) electrons. The molecule has 0 aliphatic carbocycles. The van der Waals surface area contributed by atoms with E-state index >= 15 is 0 Å². The Morgan fingerprint density at radius 2 is 1.96 bits per heavy atom. The summed E-state index contributed by atoms with van der Waals surface area (Å²) in [6.45, 7) is 8.57. The summed E-state index contributed by atoms with van der Waals surface area (Å²) in [5.74, 6) is 0.226. The van der Waals surface area contributed by atoms with E-state index in [9.17, 15) is 9.59 Å². The van der Waals surface area contributed by atoms with Crippen molar-refractivity contribution < 1.29 is 19.1 Å². The van der Waals surface area contributed by atoms with E-state index in [4.69, 9.17) is 21.7 Å². The molecular formula is C18H19IN2O4S. The van der Waals surface area contributed by atoms with Crippen LogP contribution in [0.4, 0.5) is 0 Å². The van der Waals surface area contributed by atoms with Gasteiger partial charge in [0.25, 0.3) is 11.8 Å². The first-order valence-corrected chi connectivity index (χ1v) is 9.50. The fraction of sp³-hybridized carbons (Fsp3) is 0.278. The number of halogens is 1. The van der Waals surface area contributed by atoms with Crippen molar-refractivity contribution in [3.8, 4) is 11.5 Å². The highest BCUT2D eigenvalue weighted by molar-refractivity contribution is 14.1. The van der Waals surface area contributed by atoms with E-state index in [1.165, 1.54) is 11.0 Å². The number of hydrogen-bond acceptors (Lipinski definition) is 5. The summed E-state index contributed by atoms with van der Waals surface area (Å²) in [6.07, 6.45) is 3.07. The zero-order valence-electron chi connectivity index (χ0n) is 14.5. The first-order chi connectivity index (χ1) is 12.4. The lowest BCUT2D eigenvalue weighted by Gasteiger charge is -2.27. The second-order valence-electron chi connectivity index (χ2n) is 5.22. The summed E-state index contributed by atoms with van der Waals surface area (Å²) in [7, 11) is 0. The first-order valence-electron chi connectivity index (χ1n) is 8.01. The second-order valence-corrected chi connectivity index (χ2v) is 6.77. The van der Waals surface area contributed by atoms with Crippen molar-refractivity contribution >= 4 is 57.8 Å². The smallest absolute Gasteiger partial charge is 0.265 e. The van der Waals surface area contributed by atoms with Gasteiger partial charge in [-0.25, -0.2) is 0 Å². The molecule has 8 heteroatoms. The Kier molecular flexibility index (Phi) is 7.15. The van der Waals surface area contributed by atoms with Crippen LogP contribution >= 0.6 is 34.8 Å². The summed E-state index contributed by atoms with van der Waals surface area (Å²) in [6, 6.07) is 3.57. The van der Waals surface area contributed by atoms with Gasteiger partial charge in [-0.1, -0.05) is 6.08 Å². The van der Waals surface area contributed by atoms with Crippen molar-refractivity contribution in [1.82, 2.24) is 10.2 Å². The highest BCUT2D eigenvalue weighted by Crippen LogP contribution is 2.35. The topological polar surface area (TPSA) is 67.9 Å². The molecule has 6 nitrogen and oxygen atoms in total. The molecule has 1 saturated heterocycles. The van der Waals surface area contributed by atoms with E-state index in [0.29, 0.717) is 30.3 Å². The quantitative estimate of drug-likeness (QED) is 0.211. The van der Waals surface area contributed by atoms with Gasteiger partial charge in [-0.3, -0.25) is 19.8 Å². The van der Waals surface area contributed by atoms with Crippen LogP contribution < -0.4 is 14.8 Å². The molecule has 0 atom stereocenters. The lowest BCUT2D eigenvalue weighted by atomic mass is 10.1. The average molecular weight is 486 g/mol. The number of benzene rings is 1. The number of hydrogen-bond donors (Lipinski definition) is 1. The molecule has 2 amide bonds. The van der Waals surface area contributed by atoms with Crippen molar-refractivity contribution in [3.05, 3.63) is 39.5 Å². The fourth-order valence-electron chi connectivity index (χ4n) is 2.37. The minimum atomic E-state index is -0.526. The average Bonchev–Trinajstić information content (AvgIpc) is 2.58. The van der Waals surface area contributed by atoms with Gasteiger partial charge in [0, 0.05) is 6.54 Å². The van der Waals surface area contributed by atoms with Gasteiger partial charge in [0.2, 0.25) is 0 Å². The Labute approximate surface area is 171 Å². The Balaban J connectivity index is 2.46. The highest BCUT2D eigenvalue weighted by atomic mass is 127. The zero-order valence-corrected chi connectivity index (χ0v) is 17.5. The van der Waals surface area contributed by atoms with Gasteiger partial charge in [-0.15, -0.1) is 6.58 Å². The number of amides is 2. The van der Waals surface area contributed by atoms with Gasteiger partial charge in [-0.2, -0.15) is 0 Å². The zero-order chi connectivity index (χ0) is 19.3. The number of nitrogens with one attached hydrogen (secondary N) is 1. The van der Waals surface area contributed by atoms with Crippen LogP contribution in [0.5, 0.6) is 11.5 Å². The van der Waals surface area contributed by atoms with Crippen molar-refractivity contribution in [2.75, 3.05) is 19.8 Å². The van der Waals surface area contributed by atoms with Crippen LogP contribution in [-0.4, -0.2) is 41.6 Å². The fourth-order valence-corrected chi connectivity index (χ4v) is 3.41. The maximum absolute atomic E-state index is 12.6. The molecule has 1 aromatic rings. The molecule has 138 valence electrons. The van der Waals surface area contributed by atoms with E-state index in [-0.39, 0.29) is 17.2 Å². The molecule has 1 heterocycles. The van der Waals surface area contributed by atoms with Crippen molar-refractivity contribution in [3.63, 3.8) is 0 Å². The molecule has 0 saturated carbocycles. The van der Waals surface area contributed by atoms with Crippen LogP contribution in [0, 0.1) is 3.57 Å². The monoisotopic (exact) mass is 486 g/mol.